The number of benzene rings is 2. The Bertz CT molecular complexity index is 1130. The smallest absolute Gasteiger partial charge is 0.338 e. The molecule has 1 aliphatic heterocycles. The highest BCUT2D eigenvalue weighted by atomic mass is 32.2. The van der Waals surface area contributed by atoms with Crippen molar-refractivity contribution in [3.8, 4) is 0 Å². The van der Waals surface area contributed by atoms with Gasteiger partial charge >= 0.3 is 5.97 Å². The molecule has 1 amide bonds. The van der Waals surface area contributed by atoms with Crippen molar-refractivity contribution in [1.29, 1.82) is 0 Å². The van der Waals surface area contributed by atoms with Crippen LogP contribution < -0.4 is 4.31 Å². The second-order valence-electron chi connectivity index (χ2n) is 9.67. The highest BCUT2D eigenvalue weighted by Gasteiger charge is 2.36. The molecule has 2 aromatic rings. The van der Waals surface area contributed by atoms with Gasteiger partial charge in [0.1, 0.15) is 0 Å². The summed E-state index contributed by atoms with van der Waals surface area (Å²) >= 11 is 0. The Balaban J connectivity index is 1.75. The molecule has 3 rings (SSSR count). The number of fused-ring (bicyclic) bond motifs is 1. The SMILES string of the molecule is CC(C)CN(CC(C)C)C(=O)COC(=O)c1cccc(S(=O)(=O)N2c3ccccc3CC2C)c1. The van der Waals surface area contributed by atoms with Gasteiger partial charge in [0.15, 0.2) is 6.61 Å². The van der Waals surface area contributed by atoms with E-state index >= 15 is 0 Å². The number of sulfonamides is 1. The van der Waals surface area contributed by atoms with Gasteiger partial charge in [-0.2, -0.15) is 0 Å². The largest absolute Gasteiger partial charge is 0.452 e. The molecule has 0 aromatic heterocycles. The highest BCUT2D eigenvalue weighted by Crippen LogP contribution is 2.36. The monoisotopic (exact) mass is 486 g/mol. The Labute approximate surface area is 202 Å². The minimum absolute atomic E-state index is 0.0121. The zero-order chi connectivity index (χ0) is 25.0. The number of amides is 1. The Hall–Kier alpha value is -2.87. The molecule has 1 aliphatic rings. The minimum atomic E-state index is -3.88. The molecule has 2 aromatic carbocycles. The Kier molecular flexibility index (Phi) is 8.02. The van der Waals surface area contributed by atoms with Crippen LogP contribution >= 0.6 is 0 Å². The zero-order valence-electron chi connectivity index (χ0n) is 20.5. The molecule has 0 spiro atoms. The van der Waals surface area contributed by atoms with Crippen molar-refractivity contribution in [2.45, 2.75) is 52.0 Å². The molecular formula is C26H34N2O5S. The van der Waals surface area contributed by atoms with E-state index in [0.29, 0.717) is 37.0 Å². The molecule has 1 atom stereocenters. The number of hydrogen-bond acceptors (Lipinski definition) is 5. The van der Waals surface area contributed by atoms with Crippen LogP contribution in [0.25, 0.3) is 0 Å². The molecular weight excluding hydrogens is 452 g/mol. The van der Waals surface area contributed by atoms with Gasteiger partial charge in [0, 0.05) is 19.1 Å². The van der Waals surface area contributed by atoms with Crippen molar-refractivity contribution in [3.05, 3.63) is 59.7 Å². The van der Waals surface area contributed by atoms with E-state index in [1.54, 1.807) is 11.0 Å². The van der Waals surface area contributed by atoms with Crippen molar-refractivity contribution in [3.63, 3.8) is 0 Å². The zero-order valence-corrected chi connectivity index (χ0v) is 21.3. The lowest BCUT2D eigenvalue weighted by molar-refractivity contribution is -0.135. The average Bonchev–Trinajstić information content (AvgIpc) is 3.12. The molecule has 0 bridgehead atoms. The number of hydrogen-bond donors (Lipinski definition) is 0. The third kappa shape index (κ3) is 5.78. The summed E-state index contributed by atoms with van der Waals surface area (Å²) in [7, 11) is -3.88. The number of carbonyl (C=O) groups excluding carboxylic acids is 2. The van der Waals surface area contributed by atoms with Crippen LogP contribution in [0.4, 0.5) is 5.69 Å². The van der Waals surface area contributed by atoms with E-state index in [1.807, 2.05) is 52.8 Å². The standard InChI is InChI=1S/C26H34N2O5S/c1-18(2)15-27(16-19(3)4)25(29)17-33-26(30)22-10-8-11-23(14-22)34(31,32)28-20(5)13-21-9-6-7-12-24(21)28/h6-12,14,18-20H,13,15-17H2,1-5H3. The first-order valence-electron chi connectivity index (χ1n) is 11.7. The predicted molar refractivity (Wildman–Crippen MR) is 132 cm³/mol. The summed E-state index contributed by atoms with van der Waals surface area (Å²) < 4.78 is 33.6. The number of para-hydroxylation sites is 1. The number of rotatable bonds is 9. The van der Waals surface area contributed by atoms with Gasteiger partial charge in [-0.05, 0) is 55.0 Å². The van der Waals surface area contributed by atoms with Gasteiger partial charge in [-0.3, -0.25) is 9.10 Å². The minimum Gasteiger partial charge on any atom is -0.452 e. The van der Waals surface area contributed by atoms with Crippen molar-refractivity contribution in [2.24, 2.45) is 11.8 Å². The maximum atomic E-state index is 13.5. The third-order valence-corrected chi connectivity index (χ3v) is 7.55. The number of carbonyl (C=O) groups is 2. The summed E-state index contributed by atoms with van der Waals surface area (Å²) in [5, 5.41) is 0. The number of nitrogens with zero attached hydrogens (tertiary/aromatic N) is 2. The first-order valence-corrected chi connectivity index (χ1v) is 13.1. The van der Waals surface area contributed by atoms with Crippen LogP contribution in [0.2, 0.25) is 0 Å². The van der Waals surface area contributed by atoms with Crippen LogP contribution in [-0.4, -0.2) is 50.9 Å². The van der Waals surface area contributed by atoms with Gasteiger partial charge < -0.3 is 9.64 Å². The number of ether oxygens (including phenoxy) is 1. The maximum absolute atomic E-state index is 13.5. The number of esters is 1. The molecule has 1 unspecified atom stereocenters. The van der Waals surface area contributed by atoms with E-state index in [4.69, 9.17) is 4.74 Å². The lowest BCUT2D eigenvalue weighted by atomic mass is 10.1. The van der Waals surface area contributed by atoms with Crippen molar-refractivity contribution in [1.82, 2.24) is 4.90 Å². The van der Waals surface area contributed by atoms with Crippen LogP contribution in [0.5, 0.6) is 0 Å². The van der Waals surface area contributed by atoms with Crippen molar-refractivity contribution in [2.75, 3.05) is 24.0 Å². The third-order valence-electron chi connectivity index (χ3n) is 5.62. The van der Waals surface area contributed by atoms with E-state index in [-0.39, 0.29) is 29.0 Å². The summed E-state index contributed by atoms with van der Waals surface area (Å²) in [6.45, 7) is 10.7. The van der Waals surface area contributed by atoms with Gasteiger partial charge in [-0.1, -0.05) is 52.0 Å². The molecule has 8 heteroatoms. The van der Waals surface area contributed by atoms with Crippen LogP contribution in [0, 0.1) is 11.8 Å². The van der Waals surface area contributed by atoms with Crippen LogP contribution in [-0.2, 0) is 26.0 Å². The van der Waals surface area contributed by atoms with E-state index < -0.39 is 16.0 Å². The topological polar surface area (TPSA) is 84.0 Å². The average molecular weight is 487 g/mol. The van der Waals surface area contributed by atoms with Crippen LogP contribution in [0.15, 0.2) is 53.4 Å². The van der Waals surface area contributed by atoms with Gasteiger partial charge in [0.25, 0.3) is 15.9 Å². The summed E-state index contributed by atoms with van der Waals surface area (Å²) in [5.41, 5.74) is 1.72. The molecule has 0 aliphatic carbocycles. The maximum Gasteiger partial charge on any atom is 0.338 e. The predicted octanol–water partition coefficient (Wildman–Crippen LogP) is 4.12. The normalized spacial score (nSPS) is 15.5. The summed E-state index contributed by atoms with van der Waals surface area (Å²) in [4.78, 5) is 27.0. The first-order chi connectivity index (χ1) is 16.0. The van der Waals surface area contributed by atoms with Crippen LogP contribution in [0.3, 0.4) is 0 Å². The molecule has 0 fully saturated rings. The van der Waals surface area contributed by atoms with Gasteiger partial charge in [0.2, 0.25) is 0 Å². The van der Waals surface area contributed by atoms with Crippen molar-refractivity contribution >= 4 is 27.6 Å². The number of anilines is 1. The van der Waals surface area contributed by atoms with E-state index in [9.17, 15) is 18.0 Å². The fourth-order valence-corrected chi connectivity index (χ4v) is 6.00. The Morgan fingerprint density at radius 1 is 1.03 bits per heavy atom. The molecule has 184 valence electrons. The van der Waals surface area contributed by atoms with Gasteiger partial charge in [-0.25, -0.2) is 13.2 Å². The molecule has 0 N–H and O–H groups in total. The molecule has 0 saturated heterocycles. The summed E-state index contributed by atoms with van der Waals surface area (Å²) in [5.74, 6) is -0.409. The Morgan fingerprint density at radius 2 is 1.68 bits per heavy atom. The molecule has 34 heavy (non-hydrogen) atoms. The van der Waals surface area contributed by atoms with Crippen molar-refractivity contribution < 1.29 is 22.7 Å². The molecule has 0 saturated carbocycles. The first kappa shape index (κ1) is 25.7. The molecule has 1 heterocycles. The summed E-state index contributed by atoms with van der Waals surface area (Å²) in [6.07, 6.45) is 0.627. The molecule has 7 nitrogen and oxygen atoms in total. The second kappa shape index (κ2) is 10.6. The summed E-state index contributed by atoms with van der Waals surface area (Å²) in [6, 6.07) is 13.0. The van der Waals surface area contributed by atoms with Crippen LogP contribution in [0.1, 0.15) is 50.5 Å². The van der Waals surface area contributed by atoms with E-state index in [1.165, 1.54) is 28.6 Å². The lowest BCUT2D eigenvalue weighted by Gasteiger charge is -2.26. The van der Waals surface area contributed by atoms with E-state index in [0.717, 1.165) is 5.56 Å². The highest BCUT2D eigenvalue weighted by molar-refractivity contribution is 7.92. The quantitative estimate of drug-likeness (QED) is 0.498. The fraction of sp³-hybridized carbons (Fsp3) is 0.462. The second-order valence-corrected chi connectivity index (χ2v) is 11.5. The van der Waals surface area contributed by atoms with Gasteiger partial charge in [0.05, 0.1) is 16.1 Å². The fourth-order valence-electron chi connectivity index (χ4n) is 4.26. The van der Waals surface area contributed by atoms with Gasteiger partial charge in [-0.15, -0.1) is 0 Å². The van der Waals surface area contributed by atoms with E-state index in [2.05, 4.69) is 0 Å². The molecule has 0 radical (unpaired) electrons. The lowest BCUT2D eigenvalue weighted by Crippen LogP contribution is -2.39. The Morgan fingerprint density at radius 3 is 2.32 bits per heavy atom.